The van der Waals surface area contributed by atoms with Crippen molar-refractivity contribution in [2.24, 2.45) is 0 Å². The van der Waals surface area contributed by atoms with E-state index in [1.54, 1.807) is 0 Å². The van der Waals surface area contributed by atoms with Gasteiger partial charge in [-0.05, 0) is 93.2 Å². The topological polar surface area (TPSA) is 16.4 Å². The fourth-order valence-electron chi connectivity index (χ4n) is 8.17. The second kappa shape index (κ2) is 12.9. The molecule has 2 aromatic heterocycles. The Hall–Kier alpha value is -6.94. The van der Waals surface area contributed by atoms with Crippen LogP contribution >= 0.6 is 11.3 Å². The standard InChI is InChI=1S/C52H33NOS/c1-2-12-35(13-3-1)42-29-25-39(38-22-21-34-11-4-5-14-37(34)31-38)32-48(42)53(41-28-30-50-47(33-41)44-15-6-8-19-49(44)54-50)40-26-23-36(24-27-40)43-17-10-18-46-45-16-7-9-20-51(45)55-52(43)46/h1-33H. The lowest BCUT2D eigenvalue weighted by Crippen LogP contribution is -2.11. The average Bonchev–Trinajstić information content (AvgIpc) is 3.83. The second-order valence-electron chi connectivity index (χ2n) is 14.1. The monoisotopic (exact) mass is 719 g/mol. The highest BCUT2D eigenvalue weighted by atomic mass is 32.1. The molecule has 11 aromatic rings. The normalized spacial score (nSPS) is 11.6. The lowest BCUT2D eigenvalue weighted by molar-refractivity contribution is 0.669. The molecule has 0 amide bonds. The summed E-state index contributed by atoms with van der Waals surface area (Å²) in [5.74, 6) is 0. The Morgan fingerprint density at radius 3 is 1.91 bits per heavy atom. The summed E-state index contributed by atoms with van der Waals surface area (Å²) < 4.78 is 8.94. The van der Waals surface area contributed by atoms with E-state index in [-0.39, 0.29) is 0 Å². The first-order valence-electron chi connectivity index (χ1n) is 18.7. The van der Waals surface area contributed by atoms with Crippen LogP contribution in [0.15, 0.2) is 205 Å². The predicted molar refractivity (Wildman–Crippen MR) is 235 cm³/mol. The number of fused-ring (bicyclic) bond motifs is 7. The van der Waals surface area contributed by atoms with Crippen molar-refractivity contribution in [1.29, 1.82) is 0 Å². The average molecular weight is 720 g/mol. The van der Waals surface area contributed by atoms with Gasteiger partial charge in [0.25, 0.3) is 0 Å². The van der Waals surface area contributed by atoms with E-state index in [1.807, 2.05) is 23.5 Å². The quantitative estimate of drug-likeness (QED) is 0.170. The molecule has 0 fully saturated rings. The lowest BCUT2D eigenvalue weighted by Gasteiger charge is -2.29. The molecule has 0 radical (unpaired) electrons. The van der Waals surface area contributed by atoms with E-state index >= 15 is 0 Å². The van der Waals surface area contributed by atoms with Gasteiger partial charge in [-0.1, -0.05) is 146 Å². The summed E-state index contributed by atoms with van der Waals surface area (Å²) in [5.41, 5.74) is 12.1. The van der Waals surface area contributed by atoms with E-state index in [9.17, 15) is 0 Å². The predicted octanol–water partition coefficient (Wildman–Crippen LogP) is 15.6. The molecule has 258 valence electrons. The number of thiophene rings is 1. The Morgan fingerprint density at radius 2 is 1.02 bits per heavy atom. The zero-order valence-corrected chi connectivity index (χ0v) is 30.6. The third-order valence-electron chi connectivity index (χ3n) is 10.9. The first-order chi connectivity index (χ1) is 27.2. The Labute approximate surface area is 322 Å². The van der Waals surface area contributed by atoms with Crippen LogP contribution in [0.25, 0.3) is 86.3 Å². The molecule has 55 heavy (non-hydrogen) atoms. The van der Waals surface area contributed by atoms with Crippen molar-refractivity contribution in [3.63, 3.8) is 0 Å². The van der Waals surface area contributed by atoms with Crippen molar-refractivity contribution in [2.75, 3.05) is 4.90 Å². The van der Waals surface area contributed by atoms with E-state index in [0.29, 0.717) is 0 Å². The lowest BCUT2D eigenvalue weighted by atomic mass is 9.95. The van der Waals surface area contributed by atoms with E-state index in [2.05, 4.69) is 193 Å². The molecule has 0 bridgehead atoms. The van der Waals surface area contributed by atoms with E-state index in [1.165, 1.54) is 47.6 Å². The van der Waals surface area contributed by atoms with E-state index < -0.39 is 0 Å². The minimum absolute atomic E-state index is 0.880. The van der Waals surface area contributed by atoms with Crippen LogP contribution < -0.4 is 4.90 Å². The van der Waals surface area contributed by atoms with Crippen molar-refractivity contribution >= 4 is 81.3 Å². The van der Waals surface area contributed by atoms with Gasteiger partial charge in [0.1, 0.15) is 11.2 Å². The summed E-state index contributed by atoms with van der Waals surface area (Å²) in [5, 5.41) is 7.29. The number of hydrogen-bond donors (Lipinski definition) is 0. The van der Waals surface area contributed by atoms with Crippen LogP contribution in [0, 0.1) is 0 Å². The zero-order chi connectivity index (χ0) is 36.3. The molecule has 0 aliphatic rings. The van der Waals surface area contributed by atoms with E-state index in [0.717, 1.165) is 55.7 Å². The maximum atomic E-state index is 6.31. The molecule has 9 aromatic carbocycles. The molecule has 0 N–H and O–H groups in total. The number of rotatable bonds is 6. The number of para-hydroxylation sites is 1. The molecule has 0 unspecified atom stereocenters. The highest BCUT2D eigenvalue weighted by molar-refractivity contribution is 7.26. The van der Waals surface area contributed by atoms with Crippen LogP contribution in [-0.2, 0) is 0 Å². The second-order valence-corrected chi connectivity index (χ2v) is 15.2. The molecule has 0 saturated heterocycles. The third kappa shape index (κ3) is 5.40. The van der Waals surface area contributed by atoms with Crippen LogP contribution in [0.3, 0.4) is 0 Å². The van der Waals surface area contributed by atoms with Gasteiger partial charge in [-0.15, -0.1) is 11.3 Å². The van der Waals surface area contributed by atoms with Gasteiger partial charge in [-0.25, -0.2) is 0 Å². The van der Waals surface area contributed by atoms with Crippen molar-refractivity contribution < 1.29 is 4.42 Å². The molecule has 0 saturated carbocycles. The SMILES string of the molecule is c1ccc(-c2ccc(-c3ccc4ccccc4c3)cc2N(c2ccc(-c3cccc4c3sc3ccccc34)cc2)c2ccc3oc4ccccc4c3c2)cc1. The molecular weight excluding hydrogens is 687 g/mol. The summed E-state index contributed by atoms with van der Waals surface area (Å²) >= 11 is 1.87. The molecule has 0 spiro atoms. The van der Waals surface area contributed by atoms with Crippen LogP contribution in [0.1, 0.15) is 0 Å². The zero-order valence-electron chi connectivity index (χ0n) is 29.8. The first kappa shape index (κ1) is 31.6. The van der Waals surface area contributed by atoms with Gasteiger partial charge < -0.3 is 9.32 Å². The molecule has 2 heterocycles. The molecule has 3 heteroatoms. The summed E-state index contributed by atoms with van der Waals surface area (Å²) in [7, 11) is 0. The largest absolute Gasteiger partial charge is 0.456 e. The minimum Gasteiger partial charge on any atom is -0.456 e. The summed E-state index contributed by atoms with van der Waals surface area (Å²) in [4.78, 5) is 2.41. The van der Waals surface area contributed by atoms with Crippen molar-refractivity contribution in [3.8, 4) is 33.4 Å². The highest BCUT2D eigenvalue weighted by Crippen LogP contribution is 2.46. The number of hydrogen-bond acceptors (Lipinski definition) is 3. The van der Waals surface area contributed by atoms with E-state index in [4.69, 9.17) is 4.42 Å². The molecule has 0 atom stereocenters. The fourth-order valence-corrected chi connectivity index (χ4v) is 9.41. The molecule has 0 aliphatic heterocycles. The van der Waals surface area contributed by atoms with Crippen LogP contribution in [-0.4, -0.2) is 0 Å². The van der Waals surface area contributed by atoms with Gasteiger partial charge in [-0.3, -0.25) is 0 Å². The Kier molecular flexibility index (Phi) is 7.39. The van der Waals surface area contributed by atoms with Gasteiger partial charge in [0.05, 0.1) is 5.69 Å². The van der Waals surface area contributed by atoms with Crippen molar-refractivity contribution in [2.45, 2.75) is 0 Å². The number of nitrogens with zero attached hydrogens (tertiary/aromatic N) is 1. The number of benzene rings is 9. The van der Waals surface area contributed by atoms with Crippen LogP contribution in [0.4, 0.5) is 17.1 Å². The number of anilines is 3. The molecular formula is C52H33NOS. The molecule has 0 aliphatic carbocycles. The van der Waals surface area contributed by atoms with Gasteiger partial charge in [0, 0.05) is 47.9 Å². The third-order valence-corrected chi connectivity index (χ3v) is 12.1. The fraction of sp³-hybridized carbons (Fsp3) is 0. The van der Waals surface area contributed by atoms with Gasteiger partial charge in [-0.2, -0.15) is 0 Å². The Morgan fingerprint density at radius 1 is 0.364 bits per heavy atom. The van der Waals surface area contributed by atoms with Crippen molar-refractivity contribution in [3.05, 3.63) is 200 Å². The Balaban J connectivity index is 1.13. The molecule has 2 nitrogen and oxygen atoms in total. The highest BCUT2D eigenvalue weighted by Gasteiger charge is 2.21. The van der Waals surface area contributed by atoms with Gasteiger partial charge >= 0.3 is 0 Å². The summed E-state index contributed by atoms with van der Waals surface area (Å²) in [6.07, 6.45) is 0. The minimum atomic E-state index is 0.880. The summed E-state index contributed by atoms with van der Waals surface area (Å²) in [6, 6.07) is 72.4. The maximum Gasteiger partial charge on any atom is 0.135 e. The maximum absolute atomic E-state index is 6.31. The number of furan rings is 1. The van der Waals surface area contributed by atoms with Crippen LogP contribution in [0.5, 0.6) is 0 Å². The molecule has 11 rings (SSSR count). The van der Waals surface area contributed by atoms with Gasteiger partial charge in [0.15, 0.2) is 0 Å². The summed E-state index contributed by atoms with van der Waals surface area (Å²) in [6.45, 7) is 0. The van der Waals surface area contributed by atoms with Crippen LogP contribution in [0.2, 0.25) is 0 Å². The first-order valence-corrected chi connectivity index (χ1v) is 19.5. The smallest absolute Gasteiger partial charge is 0.135 e. The Bertz CT molecular complexity index is 3210. The van der Waals surface area contributed by atoms with Crippen molar-refractivity contribution in [1.82, 2.24) is 0 Å². The van der Waals surface area contributed by atoms with Gasteiger partial charge in [0.2, 0.25) is 0 Å².